The number of quaternary nitrogens is 1. The fraction of sp³-hybridized carbons (Fsp3) is 0.409. The summed E-state index contributed by atoms with van der Waals surface area (Å²) >= 11 is 0. The van der Waals surface area contributed by atoms with Crippen LogP contribution in [0.2, 0.25) is 0 Å². The lowest BCUT2D eigenvalue weighted by atomic mass is 10.1. The first-order valence-corrected chi connectivity index (χ1v) is 11.6. The van der Waals surface area contributed by atoms with E-state index in [1.807, 2.05) is 7.05 Å². The highest BCUT2D eigenvalue weighted by molar-refractivity contribution is 7.89. The van der Waals surface area contributed by atoms with Gasteiger partial charge in [-0.05, 0) is 49.1 Å². The van der Waals surface area contributed by atoms with Crippen molar-refractivity contribution in [2.45, 2.75) is 37.6 Å². The van der Waals surface area contributed by atoms with Crippen LogP contribution in [0.5, 0.6) is 0 Å². The van der Waals surface area contributed by atoms with E-state index in [2.05, 4.69) is 36.5 Å². The number of carbonyl (C=O) groups is 1. The van der Waals surface area contributed by atoms with Gasteiger partial charge in [-0.3, -0.25) is 4.79 Å². The van der Waals surface area contributed by atoms with Gasteiger partial charge in [-0.25, -0.2) is 8.42 Å². The van der Waals surface area contributed by atoms with Gasteiger partial charge in [0.2, 0.25) is 10.0 Å². The van der Waals surface area contributed by atoms with Crippen molar-refractivity contribution in [1.82, 2.24) is 4.31 Å². The van der Waals surface area contributed by atoms with Gasteiger partial charge in [0.15, 0.2) is 6.54 Å². The standard InChI is InChI=1S/C22H29N3O3S/c1-3-18-6-8-19(9-7-18)16-24(2)17-22(26)23-20-10-12-21(13-11-20)29(27,28)25-14-4-5-15-25/h6-13H,3-5,14-17H2,1-2H3,(H,23,26)/p+1. The predicted octanol–water partition coefficient (Wildman–Crippen LogP) is 1.69. The number of sulfonamides is 1. The van der Waals surface area contributed by atoms with E-state index in [0.717, 1.165) is 30.7 Å². The van der Waals surface area contributed by atoms with Crippen LogP contribution in [0, 0.1) is 0 Å². The molecule has 1 aliphatic heterocycles. The van der Waals surface area contributed by atoms with Crippen LogP contribution in [0.25, 0.3) is 0 Å². The second-order valence-electron chi connectivity index (χ2n) is 7.66. The van der Waals surface area contributed by atoms with Gasteiger partial charge in [-0.2, -0.15) is 4.31 Å². The third-order valence-electron chi connectivity index (χ3n) is 5.24. The van der Waals surface area contributed by atoms with Crippen LogP contribution in [0.15, 0.2) is 53.4 Å². The number of likely N-dealkylation sites (N-methyl/N-ethyl adjacent to an activating group) is 1. The Kier molecular flexibility index (Phi) is 7.05. The molecule has 2 N–H and O–H groups in total. The van der Waals surface area contributed by atoms with E-state index in [0.29, 0.717) is 25.3 Å². The monoisotopic (exact) mass is 416 g/mol. The molecule has 1 aliphatic rings. The zero-order valence-electron chi connectivity index (χ0n) is 17.1. The number of hydrogen-bond acceptors (Lipinski definition) is 3. The Labute approximate surface area is 173 Å². The summed E-state index contributed by atoms with van der Waals surface area (Å²) in [4.78, 5) is 13.7. The number of hydrogen-bond donors (Lipinski definition) is 2. The van der Waals surface area contributed by atoms with Crippen LogP contribution in [0.4, 0.5) is 5.69 Å². The molecule has 6 nitrogen and oxygen atoms in total. The van der Waals surface area contributed by atoms with Gasteiger partial charge in [-0.1, -0.05) is 31.2 Å². The molecule has 0 spiro atoms. The third-order valence-corrected chi connectivity index (χ3v) is 7.15. The molecule has 0 radical (unpaired) electrons. The molecule has 1 saturated heterocycles. The van der Waals surface area contributed by atoms with E-state index in [1.165, 1.54) is 15.4 Å². The lowest BCUT2D eigenvalue weighted by Gasteiger charge is -2.16. The van der Waals surface area contributed by atoms with E-state index < -0.39 is 10.0 Å². The van der Waals surface area contributed by atoms with Crippen LogP contribution in [0.1, 0.15) is 30.9 Å². The smallest absolute Gasteiger partial charge is 0.279 e. The summed E-state index contributed by atoms with van der Waals surface area (Å²) in [5, 5.41) is 2.86. The highest BCUT2D eigenvalue weighted by Crippen LogP contribution is 2.22. The molecule has 0 aromatic heterocycles. The number of rotatable bonds is 8. The molecule has 0 bridgehead atoms. The molecule has 0 saturated carbocycles. The summed E-state index contributed by atoms with van der Waals surface area (Å²) in [6.45, 7) is 4.40. The average molecular weight is 417 g/mol. The van der Waals surface area contributed by atoms with Crippen molar-refractivity contribution >= 4 is 21.6 Å². The average Bonchev–Trinajstić information content (AvgIpc) is 3.24. The molecule has 1 fully saturated rings. The molecule has 29 heavy (non-hydrogen) atoms. The molecule has 1 heterocycles. The zero-order chi connectivity index (χ0) is 20.9. The molecule has 2 aromatic carbocycles. The maximum Gasteiger partial charge on any atom is 0.279 e. The van der Waals surface area contributed by atoms with Gasteiger partial charge in [0, 0.05) is 24.3 Å². The summed E-state index contributed by atoms with van der Waals surface area (Å²) < 4.78 is 26.6. The van der Waals surface area contributed by atoms with Crippen LogP contribution in [-0.2, 0) is 27.8 Å². The molecular weight excluding hydrogens is 386 g/mol. The predicted molar refractivity (Wildman–Crippen MR) is 114 cm³/mol. The van der Waals surface area contributed by atoms with Gasteiger partial charge in [0.05, 0.1) is 11.9 Å². The van der Waals surface area contributed by atoms with Crippen LogP contribution in [-0.4, -0.2) is 45.3 Å². The largest absolute Gasteiger partial charge is 0.326 e. The van der Waals surface area contributed by atoms with Crippen molar-refractivity contribution in [2.75, 3.05) is 32.0 Å². The third kappa shape index (κ3) is 5.65. The Morgan fingerprint density at radius 1 is 1.00 bits per heavy atom. The normalized spacial score (nSPS) is 15.9. The molecule has 1 amide bonds. The first-order valence-electron chi connectivity index (χ1n) is 10.2. The van der Waals surface area contributed by atoms with Crippen molar-refractivity contribution in [3.05, 3.63) is 59.7 Å². The molecule has 7 heteroatoms. The Morgan fingerprint density at radius 3 is 2.17 bits per heavy atom. The van der Waals surface area contributed by atoms with Gasteiger partial charge < -0.3 is 10.2 Å². The second kappa shape index (κ2) is 9.52. The van der Waals surface area contributed by atoms with Crippen molar-refractivity contribution in [3.63, 3.8) is 0 Å². The minimum absolute atomic E-state index is 0.0946. The Balaban J connectivity index is 1.53. The Bertz CT molecular complexity index is 919. The van der Waals surface area contributed by atoms with E-state index in [1.54, 1.807) is 24.3 Å². The highest BCUT2D eigenvalue weighted by atomic mass is 32.2. The van der Waals surface area contributed by atoms with Crippen molar-refractivity contribution in [2.24, 2.45) is 0 Å². The summed E-state index contributed by atoms with van der Waals surface area (Å²) in [6, 6.07) is 14.9. The van der Waals surface area contributed by atoms with Crippen LogP contribution in [0.3, 0.4) is 0 Å². The Hall–Kier alpha value is -2.22. The number of carbonyl (C=O) groups excluding carboxylic acids is 1. The second-order valence-corrected chi connectivity index (χ2v) is 9.60. The van der Waals surface area contributed by atoms with Crippen molar-refractivity contribution in [1.29, 1.82) is 0 Å². The maximum absolute atomic E-state index is 12.6. The minimum Gasteiger partial charge on any atom is -0.326 e. The first-order chi connectivity index (χ1) is 13.9. The zero-order valence-corrected chi connectivity index (χ0v) is 18.0. The van der Waals surface area contributed by atoms with Gasteiger partial charge >= 0.3 is 0 Å². The molecule has 2 aromatic rings. The quantitative estimate of drug-likeness (QED) is 0.688. The van der Waals surface area contributed by atoms with Crippen molar-refractivity contribution < 1.29 is 18.1 Å². The number of anilines is 1. The van der Waals surface area contributed by atoms with Gasteiger partial charge in [-0.15, -0.1) is 0 Å². The molecule has 0 aliphatic carbocycles. The number of amides is 1. The van der Waals surface area contributed by atoms with E-state index in [9.17, 15) is 13.2 Å². The SMILES string of the molecule is CCc1ccc(C[NH+](C)CC(=O)Nc2ccc(S(=O)(=O)N3CCCC3)cc2)cc1. The number of nitrogens with one attached hydrogen (secondary N) is 2. The number of nitrogens with zero attached hydrogens (tertiary/aromatic N) is 1. The summed E-state index contributed by atoms with van der Waals surface area (Å²) in [5.41, 5.74) is 3.11. The number of benzene rings is 2. The van der Waals surface area contributed by atoms with E-state index in [4.69, 9.17) is 0 Å². The fourth-order valence-electron chi connectivity index (χ4n) is 3.57. The van der Waals surface area contributed by atoms with Gasteiger partial charge in [0.1, 0.15) is 6.54 Å². The van der Waals surface area contributed by atoms with Crippen LogP contribution >= 0.6 is 0 Å². The minimum atomic E-state index is -3.43. The summed E-state index contributed by atoms with van der Waals surface area (Å²) in [5.74, 6) is -0.0946. The topological polar surface area (TPSA) is 70.9 Å². The first kappa shape index (κ1) is 21.5. The van der Waals surface area contributed by atoms with Crippen LogP contribution < -0.4 is 10.2 Å². The summed E-state index contributed by atoms with van der Waals surface area (Å²) in [6.07, 6.45) is 2.83. The maximum atomic E-state index is 12.6. The molecule has 1 atom stereocenters. The molecule has 1 unspecified atom stereocenters. The van der Waals surface area contributed by atoms with E-state index in [-0.39, 0.29) is 10.8 Å². The fourth-order valence-corrected chi connectivity index (χ4v) is 5.09. The number of aryl methyl sites for hydroxylation is 1. The molecular formula is C22H30N3O3S+. The molecule has 156 valence electrons. The summed E-state index contributed by atoms with van der Waals surface area (Å²) in [7, 11) is -1.44. The Morgan fingerprint density at radius 2 is 1.59 bits per heavy atom. The lowest BCUT2D eigenvalue weighted by molar-refractivity contribution is -0.885. The molecule has 3 rings (SSSR count). The van der Waals surface area contributed by atoms with E-state index >= 15 is 0 Å². The lowest BCUT2D eigenvalue weighted by Crippen LogP contribution is -3.08. The highest BCUT2D eigenvalue weighted by Gasteiger charge is 2.27. The van der Waals surface area contributed by atoms with Crippen molar-refractivity contribution in [3.8, 4) is 0 Å². The van der Waals surface area contributed by atoms with Gasteiger partial charge in [0.25, 0.3) is 5.91 Å².